The van der Waals surface area contributed by atoms with Crippen LogP contribution in [0.3, 0.4) is 0 Å². The van der Waals surface area contributed by atoms with Crippen LogP contribution in [0.25, 0.3) is 0 Å². The van der Waals surface area contributed by atoms with E-state index in [9.17, 15) is 14.7 Å². The third-order valence-electron chi connectivity index (χ3n) is 3.17. The van der Waals surface area contributed by atoms with Crippen LogP contribution in [0.4, 0.5) is 0 Å². The van der Waals surface area contributed by atoms with Gasteiger partial charge in [0.05, 0.1) is 12.5 Å². The standard InChI is InChI=1S/C16H16O6/c1-2-21-11-5-3-10(4-6-11)13(15(17)18)9-12-7-8-14(22-12)16(19)20/h3-8,13H,2,9H2,1H3,(H,17,18)(H,19,20). The zero-order valence-corrected chi connectivity index (χ0v) is 12.0. The minimum Gasteiger partial charge on any atom is -0.494 e. The molecule has 0 amide bonds. The predicted molar refractivity (Wildman–Crippen MR) is 77.4 cm³/mol. The van der Waals surface area contributed by atoms with Crippen LogP contribution in [0.2, 0.25) is 0 Å². The van der Waals surface area contributed by atoms with Crippen molar-refractivity contribution in [2.45, 2.75) is 19.3 Å². The first-order chi connectivity index (χ1) is 10.5. The summed E-state index contributed by atoms with van der Waals surface area (Å²) in [4.78, 5) is 22.2. The number of carboxylic acid groups (broad SMARTS) is 2. The molecule has 6 nitrogen and oxygen atoms in total. The van der Waals surface area contributed by atoms with E-state index in [4.69, 9.17) is 14.3 Å². The Morgan fingerprint density at radius 2 is 1.82 bits per heavy atom. The number of carboxylic acids is 2. The number of aromatic carboxylic acids is 1. The zero-order chi connectivity index (χ0) is 16.1. The molecule has 116 valence electrons. The Balaban J connectivity index is 2.18. The summed E-state index contributed by atoms with van der Waals surface area (Å²) in [7, 11) is 0. The van der Waals surface area contributed by atoms with Gasteiger partial charge in [-0.1, -0.05) is 12.1 Å². The number of rotatable bonds is 7. The molecule has 2 N–H and O–H groups in total. The molecular formula is C16H16O6. The molecule has 1 heterocycles. The predicted octanol–water partition coefficient (Wildman–Crippen LogP) is 2.79. The molecule has 2 rings (SSSR count). The van der Waals surface area contributed by atoms with Crippen LogP contribution in [0, 0.1) is 0 Å². The van der Waals surface area contributed by atoms with E-state index in [0.29, 0.717) is 23.7 Å². The molecular weight excluding hydrogens is 288 g/mol. The van der Waals surface area contributed by atoms with E-state index in [1.165, 1.54) is 12.1 Å². The lowest BCUT2D eigenvalue weighted by molar-refractivity contribution is -0.138. The topological polar surface area (TPSA) is 97.0 Å². The highest BCUT2D eigenvalue weighted by Gasteiger charge is 2.22. The fourth-order valence-corrected chi connectivity index (χ4v) is 2.11. The Kier molecular flexibility index (Phi) is 4.83. The molecule has 0 aliphatic rings. The van der Waals surface area contributed by atoms with E-state index < -0.39 is 17.9 Å². The van der Waals surface area contributed by atoms with Crippen molar-refractivity contribution in [2.24, 2.45) is 0 Å². The van der Waals surface area contributed by atoms with Gasteiger partial charge in [-0.2, -0.15) is 0 Å². The van der Waals surface area contributed by atoms with Crippen LogP contribution in [0.15, 0.2) is 40.8 Å². The van der Waals surface area contributed by atoms with Gasteiger partial charge in [0.15, 0.2) is 0 Å². The van der Waals surface area contributed by atoms with E-state index >= 15 is 0 Å². The third-order valence-corrected chi connectivity index (χ3v) is 3.17. The van der Waals surface area contributed by atoms with Gasteiger partial charge in [-0.05, 0) is 36.8 Å². The first-order valence-electron chi connectivity index (χ1n) is 6.78. The van der Waals surface area contributed by atoms with Gasteiger partial charge in [0.2, 0.25) is 5.76 Å². The van der Waals surface area contributed by atoms with E-state index in [1.807, 2.05) is 6.92 Å². The quantitative estimate of drug-likeness (QED) is 0.816. The molecule has 2 aromatic rings. The Labute approximate surface area is 126 Å². The molecule has 22 heavy (non-hydrogen) atoms. The van der Waals surface area contributed by atoms with Crippen molar-refractivity contribution in [1.82, 2.24) is 0 Å². The smallest absolute Gasteiger partial charge is 0.371 e. The Morgan fingerprint density at radius 1 is 1.14 bits per heavy atom. The molecule has 0 saturated heterocycles. The van der Waals surface area contributed by atoms with Crippen LogP contribution >= 0.6 is 0 Å². The van der Waals surface area contributed by atoms with Gasteiger partial charge >= 0.3 is 11.9 Å². The summed E-state index contributed by atoms with van der Waals surface area (Å²) in [5.41, 5.74) is 0.601. The summed E-state index contributed by atoms with van der Waals surface area (Å²) in [6, 6.07) is 9.58. The minimum absolute atomic E-state index is 0.0800. The van der Waals surface area contributed by atoms with Crippen molar-refractivity contribution >= 4 is 11.9 Å². The van der Waals surface area contributed by atoms with Crippen LogP contribution in [-0.4, -0.2) is 28.8 Å². The van der Waals surface area contributed by atoms with E-state index in [-0.39, 0.29) is 12.2 Å². The van der Waals surface area contributed by atoms with E-state index in [1.54, 1.807) is 24.3 Å². The van der Waals surface area contributed by atoms with Crippen molar-refractivity contribution in [3.63, 3.8) is 0 Å². The van der Waals surface area contributed by atoms with Crippen LogP contribution in [0.1, 0.15) is 34.7 Å². The monoisotopic (exact) mass is 304 g/mol. The lowest BCUT2D eigenvalue weighted by atomic mass is 9.95. The Hall–Kier alpha value is -2.76. The molecule has 0 saturated carbocycles. The molecule has 1 aromatic heterocycles. The lowest BCUT2D eigenvalue weighted by Gasteiger charge is -2.12. The van der Waals surface area contributed by atoms with Crippen molar-refractivity contribution in [3.8, 4) is 5.75 Å². The van der Waals surface area contributed by atoms with Crippen LogP contribution < -0.4 is 4.74 Å². The summed E-state index contributed by atoms with van der Waals surface area (Å²) in [6.07, 6.45) is 0.0800. The summed E-state index contributed by atoms with van der Waals surface area (Å²) in [6.45, 7) is 2.40. The number of ether oxygens (including phenoxy) is 1. The molecule has 0 spiro atoms. The first kappa shape index (κ1) is 15.6. The van der Waals surface area contributed by atoms with Crippen LogP contribution in [0.5, 0.6) is 5.75 Å². The van der Waals surface area contributed by atoms with Gasteiger partial charge in [-0.25, -0.2) is 4.79 Å². The largest absolute Gasteiger partial charge is 0.494 e. The second kappa shape index (κ2) is 6.80. The fourth-order valence-electron chi connectivity index (χ4n) is 2.11. The normalized spacial score (nSPS) is 11.9. The van der Waals surface area contributed by atoms with Gasteiger partial charge in [0.25, 0.3) is 0 Å². The number of carbonyl (C=O) groups is 2. The van der Waals surface area contributed by atoms with E-state index in [2.05, 4.69) is 0 Å². The molecule has 0 radical (unpaired) electrons. The summed E-state index contributed by atoms with van der Waals surface area (Å²) >= 11 is 0. The Bertz CT molecular complexity index is 656. The average Bonchev–Trinajstić information content (AvgIpc) is 2.95. The molecule has 0 aliphatic carbocycles. The van der Waals surface area contributed by atoms with Crippen molar-refractivity contribution in [3.05, 3.63) is 53.5 Å². The maximum Gasteiger partial charge on any atom is 0.371 e. The number of furan rings is 1. The third kappa shape index (κ3) is 3.66. The van der Waals surface area contributed by atoms with Gasteiger partial charge < -0.3 is 19.4 Å². The lowest BCUT2D eigenvalue weighted by Crippen LogP contribution is -2.14. The fraction of sp³-hybridized carbons (Fsp3) is 0.250. The molecule has 0 fully saturated rings. The molecule has 0 bridgehead atoms. The summed E-state index contributed by atoms with van der Waals surface area (Å²) in [5.74, 6) is -2.22. The van der Waals surface area contributed by atoms with Gasteiger partial charge in [-0.15, -0.1) is 0 Å². The van der Waals surface area contributed by atoms with E-state index in [0.717, 1.165) is 0 Å². The van der Waals surface area contributed by atoms with Gasteiger partial charge in [0, 0.05) is 6.42 Å². The van der Waals surface area contributed by atoms with Gasteiger partial charge in [-0.3, -0.25) is 4.79 Å². The highest BCUT2D eigenvalue weighted by Crippen LogP contribution is 2.24. The molecule has 1 unspecified atom stereocenters. The summed E-state index contributed by atoms with van der Waals surface area (Å²) in [5, 5.41) is 18.2. The maximum atomic E-state index is 11.5. The highest BCUT2D eigenvalue weighted by atomic mass is 16.5. The first-order valence-corrected chi connectivity index (χ1v) is 6.78. The van der Waals surface area contributed by atoms with Crippen LogP contribution in [-0.2, 0) is 11.2 Å². The van der Waals surface area contributed by atoms with Crippen molar-refractivity contribution in [1.29, 1.82) is 0 Å². The zero-order valence-electron chi connectivity index (χ0n) is 12.0. The number of hydrogen-bond acceptors (Lipinski definition) is 4. The van der Waals surface area contributed by atoms with Gasteiger partial charge in [0.1, 0.15) is 11.5 Å². The second-order valence-electron chi connectivity index (χ2n) is 4.67. The molecule has 1 atom stereocenters. The SMILES string of the molecule is CCOc1ccc(C(Cc2ccc(C(=O)O)o2)C(=O)O)cc1. The van der Waals surface area contributed by atoms with Crippen molar-refractivity contribution < 1.29 is 29.0 Å². The molecule has 1 aromatic carbocycles. The number of benzene rings is 1. The number of aliphatic carboxylic acids is 1. The highest BCUT2D eigenvalue weighted by molar-refractivity contribution is 5.84. The second-order valence-corrected chi connectivity index (χ2v) is 4.67. The molecule has 6 heteroatoms. The van der Waals surface area contributed by atoms with Crippen molar-refractivity contribution in [2.75, 3.05) is 6.61 Å². The Morgan fingerprint density at radius 3 is 2.32 bits per heavy atom. The minimum atomic E-state index is -1.18. The summed E-state index contributed by atoms with van der Waals surface area (Å²) < 4.78 is 10.4. The maximum absolute atomic E-state index is 11.5. The number of hydrogen-bond donors (Lipinski definition) is 2. The average molecular weight is 304 g/mol. The molecule has 0 aliphatic heterocycles.